The third-order valence-corrected chi connectivity index (χ3v) is 4.01. The third kappa shape index (κ3) is 2.44. The number of fused-ring (bicyclic) bond motifs is 1. The van der Waals surface area contributed by atoms with Crippen LogP contribution in [0.25, 0.3) is 11.0 Å². The lowest BCUT2D eigenvalue weighted by atomic mass is 10.2. The molecule has 102 valence electrons. The van der Waals surface area contributed by atoms with Crippen LogP contribution in [-0.2, 0) is 6.54 Å². The summed E-state index contributed by atoms with van der Waals surface area (Å²) in [6, 6.07) is 8.42. The molecule has 0 unspecified atom stereocenters. The average molecular weight is 328 g/mol. The molecule has 3 nitrogen and oxygen atoms in total. The minimum atomic E-state index is -0.429. The maximum atomic E-state index is 13.8. The summed E-state index contributed by atoms with van der Waals surface area (Å²) in [4.78, 5) is 0. The van der Waals surface area contributed by atoms with E-state index in [0.717, 1.165) is 17.2 Å². The Bertz CT molecular complexity index is 775. The van der Waals surface area contributed by atoms with Crippen molar-refractivity contribution in [1.82, 2.24) is 8.75 Å². The molecule has 20 heavy (non-hydrogen) atoms. The van der Waals surface area contributed by atoms with Gasteiger partial charge in [-0.25, -0.2) is 4.39 Å². The summed E-state index contributed by atoms with van der Waals surface area (Å²) in [5, 5.41) is 3.72. The van der Waals surface area contributed by atoms with Crippen LogP contribution < -0.4 is 5.32 Å². The topological polar surface area (TPSA) is 37.8 Å². The number of benzene rings is 2. The summed E-state index contributed by atoms with van der Waals surface area (Å²) in [6.07, 6.45) is 0. The van der Waals surface area contributed by atoms with E-state index in [2.05, 4.69) is 14.1 Å². The number of anilines is 1. The molecule has 3 aromatic rings. The van der Waals surface area contributed by atoms with Gasteiger partial charge in [0.2, 0.25) is 0 Å². The molecule has 0 aliphatic rings. The van der Waals surface area contributed by atoms with Gasteiger partial charge in [-0.15, -0.1) is 0 Å². The summed E-state index contributed by atoms with van der Waals surface area (Å²) >= 11 is 13.0. The number of nitrogens with one attached hydrogen (secondary N) is 1. The Morgan fingerprint density at radius 3 is 2.80 bits per heavy atom. The predicted octanol–water partition coefficient (Wildman–Crippen LogP) is 4.75. The highest BCUT2D eigenvalue weighted by molar-refractivity contribution is 7.00. The van der Waals surface area contributed by atoms with E-state index >= 15 is 0 Å². The molecule has 0 aliphatic carbocycles. The molecule has 0 bridgehead atoms. The maximum absolute atomic E-state index is 13.8. The molecule has 0 atom stereocenters. The second-order valence-corrected chi connectivity index (χ2v) is 5.46. The van der Waals surface area contributed by atoms with Crippen LogP contribution in [0.1, 0.15) is 5.56 Å². The summed E-state index contributed by atoms with van der Waals surface area (Å²) in [5.74, 6) is -0.429. The minimum Gasteiger partial charge on any atom is -0.378 e. The summed E-state index contributed by atoms with van der Waals surface area (Å²) in [7, 11) is 0. The first-order chi connectivity index (χ1) is 9.66. The Hall–Kier alpha value is -1.43. The molecule has 2 aromatic carbocycles. The van der Waals surface area contributed by atoms with Crippen LogP contribution in [0.3, 0.4) is 0 Å². The lowest BCUT2D eigenvalue weighted by Crippen LogP contribution is -2.03. The van der Waals surface area contributed by atoms with E-state index < -0.39 is 5.82 Å². The quantitative estimate of drug-likeness (QED) is 0.754. The van der Waals surface area contributed by atoms with Crippen molar-refractivity contribution in [2.75, 3.05) is 5.32 Å². The highest BCUT2D eigenvalue weighted by atomic mass is 35.5. The zero-order valence-corrected chi connectivity index (χ0v) is 12.4. The molecular formula is C13H8Cl2FN3S. The second-order valence-electron chi connectivity index (χ2n) is 4.12. The number of halogens is 3. The molecule has 0 fully saturated rings. The highest BCUT2D eigenvalue weighted by Gasteiger charge is 2.11. The van der Waals surface area contributed by atoms with E-state index in [1.165, 1.54) is 6.07 Å². The van der Waals surface area contributed by atoms with Crippen LogP contribution in [0.2, 0.25) is 10.0 Å². The van der Waals surface area contributed by atoms with E-state index in [0.29, 0.717) is 21.8 Å². The molecule has 0 spiro atoms. The zero-order chi connectivity index (χ0) is 14.1. The van der Waals surface area contributed by atoms with Crippen LogP contribution in [0.15, 0.2) is 30.3 Å². The number of hydrogen-bond acceptors (Lipinski definition) is 4. The first kappa shape index (κ1) is 13.5. The summed E-state index contributed by atoms with van der Waals surface area (Å²) in [6.45, 7) is 0.267. The van der Waals surface area contributed by atoms with Gasteiger partial charge in [0.15, 0.2) is 0 Å². The second kappa shape index (κ2) is 5.52. The van der Waals surface area contributed by atoms with Crippen molar-refractivity contribution >= 4 is 51.7 Å². The van der Waals surface area contributed by atoms with Gasteiger partial charge in [0.05, 0.1) is 27.5 Å². The van der Waals surface area contributed by atoms with Crippen LogP contribution in [-0.4, -0.2) is 8.75 Å². The van der Waals surface area contributed by atoms with Gasteiger partial charge in [-0.05, 0) is 18.2 Å². The molecule has 0 saturated heterocycles. The molecule has 0 radical (unpaired) electrons. The van der Waals surface area contributed by atoms with Crippen molar-refractivity contribution < 1.29 is 4.39 Å². The first-order valence-corrected chi connectivity index (χ1v) is 7.23. The van der Waals surface area contributed by atoms with Gasteiger partial charge in [0.25, 0.3) is 0 Å². The fourth-order valence-corrected chi connectivity index (χ4v) is 2.82. The van der Waals surface area contributed by atoms with Crippen molar-refractivity contribution in [3.8, 4) is 0 Å². The number of nitrogens with zero attached hydrogens (tertiary/aromatic N) is 2. The molecular weight excluding hydrogens is 320 g/mol. The minimum absolute atomic E-state index is 0.101. The molecule has 0 amide bonds. The zero-order valence-electron chi connectivity index (χ0n) is 10.0. The van der Waals surface area contributed by atoms with Crippen molar-refractivity contribution in [1.29, 1.82) is 0 Å². The monoisotopic (exact) mass is 327 g/mol. The molecule has 0 aliphatic heterocycles. The standard InChI is InChI=1S/C13H8Cl2FN3S/c14-8-3-1-2-7(11(8)16)6-17-12-9(15)4-5-10-13(12)19-20-18-10/h1-5,17H,6H2. The predicted molar refractivity (Wildman–Crippen MR) is 81.2 cm³/mol. The third-order valence-electron chi connectivity index (χ3n) is 2.86. The maximum Gasteiger partial charge on any atom is 0.146 e. The normalized spacial score (nSPS) is 10.9. The molecule has 1 N–H and O–H groups in total. The Morgan fingerprint density at radius 2 is 1.95 bits per heavy atom. The largest absolute Gasteiger partial charge is 0.378 e. The van der Waals surface area contributed by atoms with Crippen molar-refractivity contribution in [3.05, 3.63) is 51.8 Å². The Kier molecular flexibility index (Phi) is 3.74. The molecule has 1 aromatic heterocycles. The van der Waals surface area contributed by atoms with Crippen LogP contribution in [0.5, 0.6) is 0 Å². The van der Waals surface area contributed by atoms with E-state index in [9.17, 15) is 4.39 Å². The molecule has 1 heterocycles. The Labute approximate surface area is 128 Å². The Balaban J connectivity index is 1.92. The number of aromatic nitrogens is 2. The van der Waals surface area contributed by atoms with Crippen molar-refractivity contribution in [3.63, 3.8) is 0 Å². The van der Waals surface area contributed by atoms with Gasteiger partial charge in [0.1, 0.15) is 16.9 Å². The van der Waals surface area contributed by atoms with Gasteiger partial charge in [-0.2, -0.15) is 8.75 Å². The lowest BCUT2D eigenvalue weighted by molar-refractivity contribution is 0.613. The van der Waals surface area contributed by atoms with Crippen molar-refractivity contribution in [2.24, 2.45) is 0 Å². The fraction of sp³-hybridized carbons (Fsp3) is 0.0769. The average Bonchev–Trinajstić information content (AvgIpc) is 2.90. The van der Waals surface area contributed by atoms with E-state index in [1.807, 2.05) is 0 Å². The number of rotatable bonds is 3. The molecule has 3 rings (SSSR count). The molecule has 7 heteroatoms. The van der Waals surface area contributed by atoms with E-state index in [4.69, 9.17) is 23.2 Å². The van der Waals surface area contributed by atoms with E-state index in [-0.39, 0.29) is 11.6 Å². The van der Waals surface area contributed by atoms with Gasteiger partial charge >= 0.3 is 0 Å². The smallest absolute Gasteiger partial charge is 0.146 e. The van der Waals surface area contributed by atoms with E-state index in [1.54, 1.807) is 24.3 Å². The number of hydrogen-bond donors (Lipinski definition) is 1. The van der Waals surface area contributed by atoms with Crippen LogP contribution >= 0.6 is 34.9 Å². The summed E-state index contributed by atoms with van der Waals surface area (Å²) in [5.41, 5.74) is 2.56. The fourth-order valence-electron chi connectivity index (χ4n) is 1.86. The van der Waals surface area contributed by atoms with Crippen LogP contribution in [0.4, 0.5) is 10.1 Å². The van der Waals surface area contributed by atoms with Gasteiger partial charge in [0, 0.05) is 12.1 Å². The van der Waals surface area contributed by atoms with Gasteiger partial charge < -0.3 is 5.32 Å². The van der Waals surface area contributed by atoms with Gasteiger partial charge in [-0.3, -0.25) is 0 Å². The molecule has 0 saturated carbocycles. The van der Waals surface area contributed by atoms with Crippen molar-refractivity contribution in [2.45, 2.75) is 6.54 Å². The first-order valence-electron chi connectivity index (χ1n) is 5.74. The highest BCUT2D eigenvalue weighted by Crippen LogP contribution is 2.30. The van der Waals surface area contributed by atoms with Gasteiger partial charge in [-0.1, -0.05) is 35.3 Å². The summed E-state index contributed by atoms with van der Waals surface area (Å²) < 4.78 is 22.2. The Morgan fingerprint density at radius 1 is 1.10 bits per heavy atom. The lowest BCUT2D eigenvalue weighted by Gasteiger charge is -2.10. The van der Waals surface area contributed by atoms with Crippen LogP contribution in [0, 0.1) is 5.82 Å². The SMILES string of the molecule is Fc1c(Cl)cccc1CNc1c(Cl)ccc2nsnc12.